The molecule has 1 aliphatic heterocycles. The van der Waals surface area contributed by atoms with Crippen LogP contribution in [0.2, 0.25) is 10.0 Å². The highest BCUT2D eigenvalue weighted by atomic mass is 35.5. The van der Waals surface area contributed by atoms with E-state index in [1.165, 1.54) is 23.0 Å². The normalized spacial score (nSPS) is 15.4. The van der Waals surface area contributed by atoms with E-state index in [1.807, 2.05) is 12.1 Å². The first-order valence-corrected chi connectivity index (χ1v) is 12.7. The van der Waals surface area contributed by atoms with Crippen molar-refractivity contribution in [2.24, 2.45) is 4.99 Å². The fraction of sp³-hybridized carbons (Fsp3) is 0.148. The molecule has 188 valence electrons. The van der Waals surface area contributed by atoms with Crippen molar-refractivity contribution in [3.05, 3.63) is 107 Å². The minimum Gasteiger partial charge on any atom is -0.497 e. The predicted octanol–water partition coefficient (Wildman–Crippen LogP) is 4.98. The number of hydrogen-bond acceptors (Lipinski definition) is 7. The van der Waals surface area contributed by atoms with E-state index < -0.39 is 12.0 Å². The zero-order valence-corrected chi connectivity index (χ0v) is 22.3. The number of fused-ring (bicyclic) bond motifs is 1. The zero-order valence-electron chi connectivity index (χ0n) is 20.0. The molecule has 2 aromatic heterocycles. The third-order valence-electron chi connectivity index (χ3n) is 5.96. The highest BCUT2D eigenvalue weighted by Gasteiger charge is 2.33. The predicted molar refractivity (Wildman–Crippen MR) is 143 cm³/mol. The SMILES string of the molecule is COC(=O)C1=C(C)N=c2s/c(=C\c3ccc(-c4ccc(Cl)cc4Cl)o3)c(=O)n2C1c1ccc(OC)cc1. The van der Waals surface area contributed by atoms with E-state index in [1.54, 1.807) is 62.6 Å². The molecule has 1 aliphatic rings. The highest BCUT2D eigenvalue weighted by molar-refractivity contribution is 7.07. The number of halogens is 2. The maximum atomic E-state index is 13.7. The van der Waals surface area contributed by atoms with Crippen molar-refractivity contribution in [2.45, 2.75) is 13.0 Å². The molecule has 1 unspecified atom stereocenters. The molecule has 0 saturated heterocycles. The highest BCUT2D eigenvalue weighted by Crippen LogP contribution is 2.33. The molecule has 0 aliphatic carbocycles. The first kappa shape index (κ1) is 25.1. The largest absolute Gasteiger partial charge is 0.497 e. The number of carbonyl (C=O) groups excluding carboxylic acids is 1. The summed E-state index contributed by atoms with van der Waals surface area (Å²) in [7, 11) is 2.88. The van der Waals surface area contributed by atoms with Gasteiger partial charge in [-0.15, -0.1) is 0 Å². The monoisotopic (exact) mass is 554 g/mol. The number of ether oxygens (including phenoxy) is 2. The Bertz CT molecular complexity index is 1730. The molecule has 0 amide bonds. The summed E-state index contributed by atoms with van der Waals surface area (Å²) in [5, 5.41) is 0.979. The Morgan fingerprint density at radius 1 is 1.11 bits per heavy atom. The van der Waals surface area contributed by atoms with Crippen LogP contribution in [0.3, 0.4) is 0 Å². The fourth-order valence-corrected chi connectivity index (χ4v) is 5.72. The minimum atomic E-state index is -0.711. The molecule has 4 aromatic rings. The lowest BCUT2D eigenvalue weighted by Gasteiger charge is -2.24. The number of carbonyl (C=O) groups is 1. The first-order valence-electron chi connectivity index (χ1n) is 11.1. The summed E-state index contributed by atoms with van der Waals surface area (Å²) in [4.78, 5) is 31.5. The summed E-state index contributed by atoms with van der Waals surface area (Å²) in [5.41, 5.74) is 1.88. The third-order valence-corrected chi connectivity index (χ3v) is 7.49. The number of thiazole rings is 1. The van der Waals surface area contributed by atoms with Crippen molar-refractivity contribution in [1.82, 2.24) is 4.57 Å². The minimum absolute atomic E-state index is 0.296. The Kier molecular flexibility index (Phi) is 6.81. The molecule has 10 heteroatoms. The number of allylic oxidation sites excluding steroid dienone is 1. The molecular weight excluding hydrogens is 535 g/mol. The van der Waals surface area contributed by atoms with E-state index in [0.29, 0.717) is 53.5 Å². The second-order valence-corrected chi connectivity index (χ2v) is 10.0. The maximum Gasteiger partial charge on any atom is 0.338 e. The van der Waals surface area contributed by atoms with E-state index >= 15 is 0 Å². The number of nitrogens with zero attached hydrogens (tertiary/aromatic N) is 2. The van der Waals surface area contributed by atoms with Crippen molar-refractivity contribution >= 4 is 46.6 Å². The second kappa shape index (κ2) is 10.0. The van der Waals surface area contributed by atoms with Crippen LogP contribution in [-0.2, 0) is 9.53 Å². The third kappa shape index (κ3) is 4.64. The molecule has 0 N–H and O–H groups in total. The van der Waals surface area contributed by atoms with Crippen LogP contribution < -0.4 is 19.6 Å². The summed E-state index contributed by atoms with van der Waals surface area (Å²) in [6, 6.07) is 15.1. The van der Waals surface area contributed by atoms with Crippen molar-refractivity contribution in [2.75, 3.05) is 14.2 Å². The van der Waals surface area contributed by atoms with Crippen LogP contribution in [0.5, 0.6) is 5.75 Å². The molecular formula is C27H20Cl2N2O5S. The summed E-state index contributed by atoms with van der Waals surface area (Å²) >= 11 is 13.5. The molecule has 2 aromatic carbocycles. The van der Waals surface area contributed by atoms with Gasteiger partial charge in [0.2, 0.25) is 0 Å². The first-order chi connectivity index (χ1) is 17.8. The molecule has 0 saturated carbocycles. The molecule has 3 heterocycles. The van der Waals surface area contributed by atoms with Crippen molar-refractivity contribution < 1.29 is 18.7 Å². The number of benzene rings is 2. The van der Waals surface area contributed by atoms with Crippen LogP contribution in [0, 0.1) is 0 Å². The van der Waals surface area contributed by atoms with Gasteiger partial charge in [-0.3, -0.25) is 9.36 Å². The number of furan rings is 1. The molecule has 5 rings (SSSR count). The van der Waals surface area contributed by atoms with Gasteiger partial charge in [0.15, 0.2) is 4.80 Å². The van der Waals surface area contributed by atoms with Gasteiger partial charge in [0.25, 0.3) is 5.56 Å². The van der Waals surface area contributed by atoms with Gasteiger partial charge in [0.05, 0.1) is 41.1 Å². The molecule has 0 bridgehead atoms. The van der Waals surface area contributed by atoms with E-state index in [9.17, 15) is 9.59 Å². The molecule has 1 atom stereocenters. The van der Waals surface area contributed by atoms with Gasteiger partial charge >= 0.3 is 5.97 Å². The molecule has 0 spiro atoms. The van der Waals surface area contributed by atoms with Gasteiger partial charge in [0, 0.05) is 16.7 Å². The van der Waals surface area contributed by atoms with Gasteiger partial charge in [-0.2, -0.15) is 0 Å². The molecule has 37 heavy (non-hydrogen) atoms. The van der Waals surface area contributed by atoms with Crippen molar-refractivity contribution in [1.29, 1.82) is 0 Å². The quantitative estimate of drug-likeness (QED) is 0.325. The second-order valence-electron chi connectivity index (χ2n) is 8.17. The Balaban J connectivity index is 1.63. The average Bonchev–Trinajstić information content (AvgIpc) is 3.47. The van der Waals surface area contributed by atoms with Crippen LogP contribution in [0.1, 0.15) is 24.3 Å². The zero-order chi connectivity index (χ0) is 26.3. The molecule has 0 fully saturated rings. The van der Waals surface area contributed by atoms with Crippen molar-refractivity contribution in [3.8, 4) is 17.1 Å². The molecule has 0 radical (unpaired) electrons. The van der Waals surface area contributed by atoms with Crippen LogP contribution in [0.4, 0.5) is 0 Å². The number of hydrogen-bond donors (Lipinski definition) is 0. The van der Waals surface area contributed by atoms with Gasteiger partial charge in [-0.05, 0) is 55.0 Å². The van der Waals surface area contributed by atoms with Crippen LogP contribution in [0.25, 0.3) is 17.4 Å². The van der Waals surface area contributed by atoms with Crippen LogP contribution in [-0.4, -0.2) is 24.8 Å². The lowest BCUT2D eigenvalue weighted by molar-refractivity contribution is -0.136. The Morgan fingerprint density at radius 2 is 1.86 bits per heavy atom. The number of methoxy groups -OCH3 is 2. The number of rotatable bonds is 5. The summed E-state index contributed by atoms with van der Waals surface area (Å²) in [6.07, 6.45) is 1.65. The van der Waals surface area contributed by atoms with E-state index in [-0.39, 0.29) is 5.56 Å². The van der Waals surface area contributed by atoms with E-state index in [2.05, 4.69) is 4.99 Å². The number of esters is 1. The Labute approximate surface area is 225 Å². The van der Waals surface area contributed by atoms with Crippen molar-refractivity contribution in [3.63, 3.8) is 0 Å². The van der Waals surface area contributed by atoms with Gasteiger partial charge in [-0.25, -0.2) is 9.79 Å². The topological polar surface area (TPSA) is 83.0 Å². The molecule has 7 nitrogen and oxygen atoms in total. The maximum absolute atomic E-state index is 13.7. The summed E-state index contributed by atoms with van der Waals surface area (Å²) in [5.74, 6) is 1.12. The van der Waals surface area contributed by atoms with E-state index in [4.69, 9.17) is 37.1 Å². The Morgan fingerprint density at radius 3 is 2.54 bits per heavy atom. The van der Waals surface area contributed by atoms with Crippen LogP contribution in [0.15, 0.2) is 80.1 Å². The van der Waals surface area contributed by atoms with Gasteiger partial charge in [0.1, 0.15) is 17.3 Å². The average molecular weight is 555 g/mol. The van der Waals surface area contributed by atoms with Gasteiger partial charge < -0.3 is 13.9 Å². The standard InChI is InChI=1S/C27H20Cl2N2O5S/c1-14-23(26(33)35-3)24(15-4-7-17(34-2)8-5-15)31-25(32)22(37-27(31)30-14)13-18-9-11-21(36-18)19-10-6-16(28)12-20(19)29/h4-13,24H,1-3H3/b22-13-. The van der Waals surface area contributed by atoms with E-state index in [0.717, 1.165) is 5.56 Å². The lowest BCUT2D eigenvalue weighted by atomic mass is 9.96. The summed E-state index contributed by atoms with van der Waals surface area (Å²) in [6.45, 7) is 1.73. The number of aromatic nitrogens is 1. The fourth-order valence-electron chi connectivity index (χ4n) is 4.19. The Hall–Kier alpha value is -3.59. The van der Waals surface area contributed by atoms with Crippen LogP contribution >= 0.6 is 34.5 Å². The summed E-state index contributed by atoms with van der Waals surface area (Å²) < 4.78 is 18.2. The smallest absolute Gasteiger partial charge is 0.338 e. The lowest BCUT2D eigenvalue weighted by Crippen LogP contribution is -2.39. The van der Waals surface area contributed by atoms with Gasteiger partial charge in [-0.1, -0.05) is 46.7 Å².